The van der Waals surface area contributed by atoms with Crippen LogP contribution in [-0.4, -0.2) is 23.3 Å². The predicted molar refractivity (Wildman–Crippen MR) is 91.5 cm³/mol. The van der Waals surface area contributed by atoms with Crippen molar-refractivity contribution in [2.24, 2.45) is 5.16 Å². The zero-order valence-corrected chi connectivity index (χ0v) is 14.4. The van der Waals surface area contributed by atoms with Crippen LogP contribution in [0.2, 0.25) is 0 Å². The van der Waals surface area contributed by atoms with Crippen LogP contribution in [-0.2, 0) is 25.6 Å². The Kier molecular flexibility index (Phi) is 6.53. The van der Waals surface area contributed by atoms with Crippen LogP contribution in [0.25, 0.3) is 0 Å². The van der Waals surface area contributed by atoms with E-state index in [0.717, 1.165) is 38.5 Å². The molecule has 5 heteroatoms. The molecule has 0 unspecified atom stereocenters. The van der Waals surface area contributed by atoms with E-state index in [-0.39, 0.29) is 5.97 Å². The Morgan fingerprint density at radius 1 is 1.04 bits per heavy atom. The fraction of sp³-hybridized carbons (Fsp3) is 0.526. The molecule has 130 valence electrons. The van der Waals surface area contributed by atoms with E-state index in [0.29, 0.717) is 12.1 Å². The van der Waals surface area contributed by atoms with Gasteiger partial charge in [-0.1, -0.05) is 41.9 Å². The molecule has 1 saturated carbocycles. The number of carbonyl (C=O) groups excluding carboxylic acids is 2. The molecule has 2 rings (SSSR count). The number of hydrogen-bond donors (Lipinski definition) is 0. The number of hydrogen-bond acceptors (Lipinski definition) is 5. The lowest BCUT2D eigenvalue weighted by Crippen LogP contribution is -2.45. The van der Waals surface area contributed by atoms with Gasteiger partial charge in [-0.2, -0.15) is 0 Å². The second-order valence-electron chi connectivity index (χ2n) is 6.26. The number of rotatable bonds is 6. The highest BCUT2D eigenvalue weighted by Gasteiger charge is 2.40. The molecule has 1 aliphatic carbocycles. The summed E-state index contributed by atoms with van der Waals surface area (Å²) in [6.07, 6.45) is 5.84. The van der Waals surface area contributed by atoms with E-state index in [9.17, 15) is 9.59 Å². The Hall–Kier alpha value is -2.17. The molecule has 0 N–H and O–H groups in total. The molecule has 24 heavy (non-hydrogen) atoms. The van der Waals surface area contributed by atoms with Gasteiger partial charge in [-0.05, 0) is 44.1 Å². The van der Waals surface area contributed by atoms with Gasteiger partial charge in [0.2, 0.25) is 0 Å². The lowest BCUT2D eigenvalue weighted by Gasteiger charge is -2.37. The van der Waals surface area contributed by atoms with Gasteiger partial charge in [-0.25, -0.2) is 4.79 Å². The quantitative estimate of drug-likeness (QED) is 0.344. The molecule has 1 aromatic carbocycles. The zero-order chi connectivity index (χ0) is 17.4. The van der Waals surface area contributed by atoms with Crippen LogP contribution in [0.15, 0.2) is 35.5 Å². The third-order valence-electron chi connectivity index (χ3n) is 4.30. The molecular weight excluding hydrogens is 306 g/mol. The lowest BCUT2D eigenvalue weighted by molar-refractivity contribution is -0.153. The first-order chi connectivity index (χ1) is 11.5. The average molecular weight is 331 g/mol. The van der Waals surface area contributed by atoms with Crippen LogP contribution in [0.5, 0.6) is 0 Å². The van der Waals surface area contributed by atoms with Crippen molar-refractivity contribution in [3.8, 4) is 0 Å². The van der Waals surface area contributed by atoms with Crippen LogP contribution < -0.4 is 0 Å². The van der Waals surface area contributed by atoms with E-state index in [1.807, 2.05) is 30.3 Å². The first kappa shape index (κ1) is 18.2. The zero-order valence-electron chi connectivity index (χ0n) is 14.4. The number of esters is 1. The number of nitrogens with zero attached hydrogens (tertiary/aromatic N) is 1. The fourth-order valence-corrected chi connectivity index (χ4v) is 3.23. The van der Waals surface area contributed by atoms with Gasteiger partial charge in [0.1, 0.15) is 5.71 Å². The number of benzene rings is 1. The van der Waals surface area contributed by atoms with E-state index in [1.54, 1.807) is 0 Å². The van der Waals surface area contributed by atoms with Crippen LogP contribution in [0.4, 0.5) is 0 Å². The highest BCUT2D eigenvalue weighted by Crippen LogP contribution is 2.35. The number of ether oxygens (including phenoxy) is 1. The van der Waals surface area contributed by atoms with Crippen molar-refractivity contribution in [1.29, 1.82) is 0 Å². The van der Waals surface area contributed by atoms with E-state index in [2.05, 4.69) is 5.16 Å². The topological polar surface area (TPSA) is 65.0 Å². The van der Waals surface area contributed by atoms with Crippen LogP contribution in [0.3, 0.4) is 0 Å². The van der Waals surface area contributed by atoms with E-state index in [4.69, 9.17) is 9.57 Å². The molecule has 0 spiro atoms. The van der Waals surface area contributed by atoms with Gasteiger partial charge >= 0.3 is 11.9 Å². The summed E-state index contributed by atoms with van der Waals surface area (Å²) in [5.41, 5.74) is 1.08. The van der Waals surface area contributed by atoms with E-state index < -0.39 is 11.6 Å². The highest BCUT2D eigenvalue weighted by atomic mass is 16.7. The summed E-state index contributed by atoms with van der Waals surface area (Å²) in [6, 6.07) is 10.0. The van der Waals surface area contributed by atoms with E-state index in [1.165, 1.54) is 19.4 Å². The molecule has 1 aromatic rings. The molecule has 0 saturated heterocycles. The Bertz CT molecular complexity index is 589. The van der Waals surface area contributed by atoms with Crippen molar-refractivity contribution >= 4 is 17.7 Å². The molecule has 0 bridgehead atoms. The second kappa shape index (κ2) is 8.62. The summed E-state index contributed by atoms with van der Waals surface area (Å²) in [6.45, 7) is 2.73. The average Bonchev–Trinajstić information content (AvgIpc) is 2.55. The summed E-state index contributed by atoms with van der Waals surface area (Å²) in [7, 11) is 0. The minimum atomic E-state index is -0.742. The Labute approximate surface area is 143 Å². The van der Waals surface area contributed by atoms with Gasteiger partial charge in [0.05, 0.1) is 0 Å². The number of aryl methyl sites for hydroxylation is 1. The molecule has 0 aliphatic heterocycles. The van der Waals surface area contributed by atoms with Gasteiger partial charge in [-0.15, -0.1) is 0 Å². The number of oxime groups is 1. The molecule has 0 amide bonds. The second-order valence-corrected chi connectivity index (χ2v) is 6.26. The van der Waals surface area contributed by atoms with Crippen molar-refractivity contribution in [2.75, 3.05) is 0 Å². The smallest absolute Gasteiger partial charge is 0.331 e. The largest absolute Gasteiger partial charge is 0.453 e. The Morgan fingerprint density at radius 2 is 1.71 bits per heavy atom. The van der Waals surface area contributed by atoms with Gasteiger partial charge in [0, 0.05) is 13.8 Å². The maximum atomic E-state index is 11.6. The van der Waals surface area contributed by atoms with Gasteiger partial charge in [0.25, 0.3) is 0 Å². The van der Waals surface area contributed by atoms with Crippen molar-refractivity contribution < 1.29 is 19.2 Å². The summed E-state index contributed by atoms with van der Waals surface area (Å²) >= 11 is 0. The molecule has 0 radical (unpaired) electrons. The van der Waals surface area contributed by atoms with Crippen LogP contribution >= 0.6 is 0 Å². The summed E-state index contributed by atoms with van der Waals surface area (Å²) in [5.74, 6) is -0.798. The Balaban J connectivity index is 2.22. The fourth-order valence-electron chi connectivity index (χ4n) is 3.23. The predicted octanol–water partition coefficient (Wildman–Crippen LogP) is 3.80. The van der Waals surface area contributed by atoms with Gasteiger partial charge < -0.3 is 9.57 Å². The lowest BCUT2D eigenvalue weighted by atomic mass is 9.79. The molecule has 5 nitrogen and oxygen atoms in total. The summed E-state index contributed by atoms with van der Waals surface area (Å²) < 4.78 is 5.70. The van der Waals surface area contributed by atoms with E-state index >= 15 is 0 Å². The summed E-state index contributed by atoms with van der Waals surface area (Å²) in [4.78, 5) is 27.8. The first-order valence-corrected chi connectivity index (χ1v) is 8.50. The molecule has 0 heterocycles. The van der Waals surface area contributed by atoms with Gasteiger partial charge in [0.15, 0.2) is 5.60 Å². The minimum Gasteiger partial charge on any atom is -0.453 e. The number of carbonyl (C=O) groups is 2. The maximum Gasteiger partial charge on any atom is 0.331 e. The normalized spacial score (nSPS) is 17.2. The molecule has 0 atom stereocenters. The third-order valence-corrected chi connectivity index (χ3v) is 4.30. The third kappa shape index (κ3) is 5.18. The Morgan fingerprint density at radius 3 is 2.29 bits per heavy atom. The summed E-state index contributed by atoms with van der Waals surface area (Å²) in [5, 5.41) is 4.08. The highest BCUT2D eigenvalue weighted by molar-refractivity contribution is 5.94. The standard InChI is InChI=1S/C19H25NO4/c1-15(21)23-19(13-7-4-8-14-19)18(20-24-16(2)22)12-11-17-9-5-3-6-10-17/h3,5-6,9-10H,4,7-8,11-14H2,1-2H3. The van der Waals surface area contributed by atoms with Crippen LogP contribution in [0, 0.1) is 0 Å². The van der Waals surface area contributed by atoms with Crippen LogP contribution in [0.1, 0.15) is 57.9 Å². The minimum absolute atomic E-state index is 0.327. The monoisotopic (exact) mass is 331 g/mol. The van der Waals surface area contributed by atoms with Crippen molar-refractivity contribution in [3.05, 3.63) is 35.9 Å². The molecule has 1 aliphatic rings. The molecule has 1 fully saturated rings. The van der Waals surface area contributed by atoms with Crippen molar-refractivity contribution in [2.45, 2.75) is 64.4 Å². The SMILES string of the molecule is CC(=O)ON=C(CCc1ccccc1)C1(OC(C)=O)CCCCC1. The molecule has 0 aromatic heterocycles. The van der Waals surface area contributed by atoms with Gasteiger partial charge in [-0.3, -0.25) is 4.79 Å². The maximum absolute atomic E-state index is 11.6. The van der Waals surface area contributed by atoms with Crippen molar-refractivity contribution in [1.82, 2.24) is 0 Å². The first-order valence-electron chi connectivity index (χ1n) is 8.50. The van der Waals surface area contributed by atoms with Crippen molar-refractivity contribution in [3.63, 3.8) is 0 Å². The molecular formula is C19H25NO4.